The third-order valence-corrected chi connectivity index (χ3v) is 6.42. The molecule has 1 amide bonds. The molecular weight excluding hydrogens is 368 g/mol. The minimum absolute atomic E-state index is 0.115. The van der Waals surface area contributed by atoms with E-state index in [2.05, 4.69) is 54.8 Å². The Balaban J connectivity index is 1.65. The Hall–Kier alpha value is -3.33. The van der Waals surface area contributed by atoms with Crippen molar-refractivity contribution in [3.05, 3.63) is 101 Å². The molecule has 5 rings (SSSR count). The summed E-state index contributed by atoms with van der Waals surface area (Å²) >= 11 is 0. The molecular formula is C27H26N2O. The highest BCUT2D eigenvalue weighted by molar-refractivity contribution is 6.11. The molecule has 0 saturated carbocycles. The standard InChI is InChI=1S/C27H26N2O/c1-19-13-14-23-24-16-18-28(22-11-7-4-8-12-22)27(30)26(24)29(25(23)20(19)2)17-15-21-9-5-3-6-10-21/h3-14H,15-18H2,1-2H3. The zero-order chi connectivity index (χ0) is 20.7. The Bertz CT molecular complexity index is 1220. The molecule has 0 saturated heterocycles. The van der Waals surface area contributed by atoms with Gasteiger partial charge in [0.05, 0.1) is 5.52 Å². The Kier molecular flexibility index (Phi) is 4.66. The summed E-state index contributed by atoms with van der Waals surface area (Å²) in [6.45, 7) is 5.86. The van der Waals surface area contributed by atoms with Crippen molar-refractivity contribution in [2.75, 3.05) is 11.4 Å². The minimum atomic E-state index is 0.115. The highest BCUT2D eigenvalue weighted by Gasteiger charge is 2.32. The van der Waals surface area contributed by atoms with Crippen LogP contribution in [-0.2, 0) is 19.4 Å². The number of hydrogen-bond acceptors (Lipinski definition) is 1. The number of amides is 1. The Morgan fingerprint density at radius 1 is 0.867 bits per heavy atom. The molecule has 1 aliphatic rings. The fourth-order valence-corrected chi connectivity index (χ4v) is 4.71. The number of aromatic nitrogens is 1. The van der Waals surface area contributed by atoms with Gasteiger partial charge in [-0.15, -0.1) is 0 Å². The van der Waals surface area contributed by atoms with Crippen molar-refractivity contribution in [3.63, 3.8) is 0 Å². The lowest BCUT2D eigenvalue weighted by atomic mass is 9.99. The van der Waals surface area contributed by atoms with Crippen molar-refractivity contribution < 1.29 is 4.79 Å². The van der Waals surface area contributed by atoms with Crippen LogP contribution in [0.1, 0.15) is 32.7 Å². The summed E-state index contributed by atoms with van der Waals surface area (Å²) in [6, 6.07) is 25.0. The first-order valence-electron chi connectivity index (χ1n) is 10.7. The predicted octanol–water partition coefficient (Wildman–Crippen LogP) is 5.70. The van der Waals surface area contributed by atoms with E-state index in [0.717, 1.165) is 37.3 Å². The molecule has 0 atom stereocenters. The molecule has 150 valence electrons. The normalized spacial score (nSPS) is 13.7. The minimum Gasteiger partial charge on any atom is -0.336 e. The first-order chi connectivity index (χ1) is 14.6. The summed E-state index contributed by atoms with van der Waals surface area (Å²) in [5.74, 6) is 0.115. The molecule has 1 aromatic heterocycles. The lowest BCUT2D eigenvalue weighted by Crippen LogP contribution is -2.38. The zero-order valence-electron chi connectivity index (χ0n) is 17.6. The van der Waals surface area contributed by atoms with E-state index in [4.69, 9.17) is 0 Å². The highest BCUT2D eigenvalue weighted by atomic mass is 16.2. The predicted molar refractivity (Wildman–Crippen MR) is 123 cm³/mol. The van der Waals surface area contributed by atoms with Crippen LogP contribution in [0.25, 0.3) is 10.9 Å². The van der Waals surface area contributed by atoms with Gasteiger partial charge in [0, 0.05) is 24.2 Å². The second-order valence-corrected chi connectivity index (χ2v) is 8.16. The van der Waals surface area contributed by atoms with Crippen LogP contribution in [0.5, 0.6) is 0 Å². The molecule has 2 heterocycles. The second-order valence-electron chi connectivity index (χ2n) is 8.16. The first-order valence-corrected chi connectivity index (χ1v) is 10.7. The van der Waals surface area contributed by atoms with Gasteiger partial charge in [0.25, 0.3) is 5.91 Å². The first kappa shape index (κ1) is 18.7. The van der Waals surface area contributed by atoms with Crippen molar-refractivity contribution in [2.45, 2.75) is 33.2 Å². The Morgan fingerprint density at radius 2 is 1.57 bits per heavy atom. The lowest BCUT2D eigenvalue weighted by Gasteiger charge is -2.28. The number of fused-ring (bicyclic) bond motifs is 3. The number of para-hydroxylation sites is 1. The van der Waals surface area contributed by atoms with Crippen LogP contribution in [0.2, 0.25) is 0 Å². The van der Waals surface area contributed by atoms with Gasteiger partial charge in [-0.2, -0.15) is 0 Å². The summed E-state index contributed by atoms with van der Waals surface area (Å²) in [5, 5.41) is 1.24. The van der Waals surface area contributed by atoms with Crippen LogP contribution in [0.4, 0.5) is 5.69 Å². The monoisotopic (exact) mass is 394 g/mol. The maximum absolute atomic E-state index is 13.7. The number of carbonyl (C=O) groups is 1. The van der Waals surface area contributed by atoms with Gasteiger partial charge in [-0.25, -0.2) is 0 Å². The highest BCUT2D eigenvalue weighted by Crippen LogP contribution is 2.35. The van der Waals surface area contributed by atoms with E-state index in [1.54, 1.807) is 0 Å². The van der Waals surface area contributed by atoms with Gasteiger partial charge in [-0.3, -0.25) is 4.79 Å². The van der Waals surface area contributed by atoms with Crippen molar-refractivity contribution >= 4 is 22.5 Å². The second kappa shape index (κ2) is 7.49. The summed E-state index contributed by atoms with van der Waals surface area (Å²) < 4.78 is 2.29. The fourth-order valence-electron chi connectivity index (χ4n) is 4.71. The molecule has 0 aliphatic carbocycles. The summed E-state index contributed by atoms with van der Waals surface area (Å²) in [4.78, 5) is 15.7. The third kappa shape index (κ3) is 3.02. The number of benzene rings is 3. The quantitative estimate of drug-likeness (QED) is 0.436. The largest absolute Gasteiger partial charge is 0.336 e. The summed E-state index contributed by atoms with van der Waals surface area (Å²) in [5.41, 5.74) is 8.10. The average Bonchev–Trinajstić information content (AvgIpc) is 3.11. The molecule has 0 fully saturated rings. The van der Waals surface area contributed by atoms with E-state index in [9.17, 15) is 4.79 Å². The maximum Gasteiger partial charge on any atom is 0.275 e. The number of rotatable bonds is 4. The number of anilines is 1. The maximum atomic E-state index is 13.7. The van der Waals surface area contributed by atoms with Crippen LogP contribution >= 0.6 is 0 Å². The molecule has 0 unspecified atom stereocenters. The summed E-state index contributed by atoms with van der Waals surface area (Å²) in [6.07, 6.45) is 1.79. The Labute approximate surface area is 177 Å². The van der Waals surface area contributed by atoms with Crippen molar-refractivity contribution in [3.8, 4) is 0 Å². The van der Waals surface area contributed by atoms with Gasteiger partial charge in [0.15, 0.2) is 0 Å². The molecule has 0 N–H and O–H groups in total. The Morgan fingerprint density at radius 3 is 2.30 bits per heavy atom. The summed E-state index contributed by atoms with van der Waals surface area (Å²) in [7, 11) is 0. The van der Waals surface area contributed by atoms with Crippen LogP contribution in [0.15, 0.2) is 72.8 Å². The van der Waals surface area contributed by atoms with Crippen LogP contribution in [0, 0.1) is 13.8 Å². The van der Waals surface area contributed by atoms with Crippen LogP contribution < -0.4 is 4.90 Å². The third-order valence-electron chi connectivity index (χ3n) is 6.42. The van der Waals surface area contributed by atoms with Gasteiger partial charge in [-0.1, -0.05) is 60.7 Å². The van der Waals surface area contributed by atoms with E-state index in [0.29, 0.717) is 0 Å². The van der Waals surface area contributed by atoms with E-state index in [1.807, 2.05) is 41.3 Å². The molecule has 3 aromatic carbocycles. The van der Waals surface area contributed by atoms with E-state index in [-0.39, 0.29) is 5.91 Å². The number of hydrogen-bond donors (Lipinski definition) is 0. The van der Waals surface area contributed by atoms with Gasteiger partial charge < -0.3 is 9.47 Å². The van der Waals surface area contributed by atoms with E-state index < -0.39 is 0 Å². The van der Waals surface area contributed by atoms with Crippen molar-refractivity contribution in [1.29, 1.82) is 0 Å². The smallest absolute Gasteiger partial charge is 0.275 e. The van der Waals surface area contributed by atoms with Crippen LogP contribution in [-0.4, -0.2) is 17.0 Å². The number of carbonyl (C=O) groups excluding carboxylic acids is 1. The molecule has 30 heavy (non-hydrogen) atoms. The molecule has 3 nitrogen and oxygen atoms in total. The molecule has 0 radical (unpaired) electrons. The molecule has 0 spiro atoms. The molecule has 4 aromatic rings. The average molecular weight is 395 g/mol. The van der Waals surface area contributed by atoms with E-state index in [1.165, 1.54) is 33.2 Å². The number of nitrogens with zero attached hydrogens (tertiary/aromatic N) is 2. The van der Waals surface area contributed by atoms with Crippen LogP contribution in [0.3, 0.4) is 0 Å². The zero-order valence-corrected chi connectivity index (χ0v) is 17.6. The molecule has 1 aliphatic heterocycles. The number of aryl methyl sites for hydroxylation is 4. The fraction of sp³-hybridized carbons (Fsp3) is 0.222. The topological polar surface area (TPSA) is 25.2 Å². The molecule has 3 heteroatoms. The van der Waals surface area contributed by atoms with Crippen molar-refractivity contribution in [1.82, 2.24) is 4.57 Å². The van der Waals surface area contributed by atoms with E-state index >= 15 is 0 Å². The van der Waals surface area contributed by atoms with Crippen molar-refractivity contribution in [2.24, 2.45) is 0 Å². The lowest BCUT2D eigenvalue weighted by molar-refractivity contribution is 0.0972. The van der Waals surface area contributed by atoms with Gasteiger partial charge in [0.2, 0.25) is 0 Å². The van der Waals surface area contributed by atoms with Gasteiger partial charge in [-0.05, 0) is 61.1 Å². The van der Waals surface area contributed by atoms with Gasteiger partial charge >= 0.3 is 0 Å². The van der Waals surface area contributed by atoms with Gasteiger partial charge in [0.1, 0.15) is 5.69 Å². The molecule has 0 bridgehead atoms. The SMILES string of the molecule is Cc1ccc2c3c(n(CCc4ccccc4)c2c1C)C(=O)N(c1ccccc1)CC3.